The molecule has 0 fully saturated rings. The minimum Gasteiger partial charge on any atom is -0.457 e. The molecule has 216 valence electrons. The van der Waals surface area contributed by atoms with Crippen LogP contribution in [0.3, 0.4) is 0 Å². The van der Waals surface area contributed by atoms with Crippen molar-refractivity contribution in [3.8, 4) is 11.3 Å². The minimum atomic E-state index is -0.713. The van der Waals surface area contributed by atoms with Crippen LogP contribution in [0.4, 0.5) is 0 Å². The van der Waals surface area contributed by atoms with Gasteiger partial charge in [-0.2, -0.15) is 0 Å². The van der Waals surface area contributed by atoms with E-state index < -0.39 is 12.0 Å². The highest BCUT2D eigenvalue weighted by molar-refractivity contribution is 7.98. The second-order valence-electron chi connectivity index (χ2n) is 9.74. The van der Waals surface area contributed by atoms with Crippen LogP contribution >= 0.6 is 46.3 Å². The van der Waals surface area contributed by atoms with E-state index in [4.69, 9.17) is 32.4 Å². The first-order valence-electron chi connectivity index (χ1n) is 13.2. The Kier molecular flexibility index (Phi) is 8.45. The number of ether oxygens (including phenoxy) is 1. The number of allylic oxidation sites excluding steroid dienone is 1. The smallest absolute Gasteiger partial charge is 0.338 e. The summed E-state index contributed by atoms with van der Waals surface area (Å²) in [6, 6.07) is 25.3. The summed E-state index contributed by atoms with van der Waals surface area (Å²) in [5, 5.41) is 1.03. The number of rotatable bonds is 7. The highest BCUT2D eigenvalue weighted by Crippen LogP contribution is 2.33. The molecule has 6 rings (SSSR count). The molecule has 5 aromatic rings. The Morgan fingerprint density at radius 3 is 2.58 bits per heavy atom. The Balaban J connectivity index is 1.42. The Morgan fingerprint density at radius 2 is 1.84 bits per heavy atom. The molecule has 0 saturated heterocycles. The number of thiazole rings is 1. The number of fused-ring (bicyclic) bond motifs is 1. The molecule has 0 bridgehead atoms. The Hall–Kier alpha value is -3.82. The quantitative estimate of drug-likeness (QED) is 0.137. The third-order valence-electron chi connectivity index (χ3n) is 6.98. The number of hydrogen-bond donors (Lipinski definition) is 0. The number of furan rings is 1. The van der Waals surface area contributed by atoms with Gasteiger partial charge in [0.2, 0.25) is 0 Å². The van der Waals surface area contributed by atoms with E-state index in [0.29, 0.717) is 47.7 Å². The fraction of sp³-hybridized carbons (Fsp3) is 0.121. The highest BCUT2D eigenvalue weighted by Gasteiger charge is 2.33. The van der Waals surface area contributed by atoms with Crippen molar-refractivity contribution < 1.29 is 13.9 Å². The van der Waals surface area contributed by atoms with Gasteiger partial charge in [0.15, 0.2) is 4.80 Å². The lowest BCUT2D eigenvalue weighted by molar-refractivity contribution is -0.140. The van der Waals surface area contributed by atoms with Crippen LogP contribution in [0, 0.1) is 0 Å². The molecule has 2 aromatic heterocycles. The standard InChI is InChI=1S/C33H24Cl2N2O4S2/c1-19-29(32(39)40-18-20-6-4-3-5-7-20)30(21-8-12-24(42-2)13-9-21)37-31(38)28(43-33(37)36-19)17-23-11-15-27(41-23)25-16-22(34)10-14-26(25)35/h3-17,30H,18H2,1-2H3. The van der Waals surface area contributed by atoms with Crippen molar-refractivity contribution in [2.75, 3.05) is 6.26 Å². The number of aromatic nitrogens is 1. The van der Waals surface area contributed by atoms with Crippen LogP contribution in [-0.4, -0.2) is 16.8 Å². The van der Waals surface area contributed by atoms with Gasteiger partial charge >= 0.3 is 5.97 Å². The zero-order valence-electron chi connectivity index (χ0n) is 23.0. The molecule has 6 nitrogen and oxygen atoms in total. The number of carbonyl (C=O) groups excluding carboxylic acids is 1. The van der Waals surface area contributed by atoms with Crippen LogP contribution < -0.4 is 14.9 Å². The van der Waals surface area contributed by atoms with Crippen LogP contribution in [0.1, 0.15) is 29.9 Å². The first-order valence-corrected chi connectivity index (χ1v) is 16.0. The average molecular weight is 648 g/mol. The second kappa shape index (κ2) is 12.4. The monoisotopic (exact) mass is 646 g/mol. The molecule has 10 heteroatoms. The summed E-state index contributed by atoms with van der Waals surface area (Å²) >= 11 is 15.4. The molecule has 1 unspecified atom stereocenters. The number of benzene rings is 3. The van der Waals surface area contributed by atoms with Gasteiger partial charge in [-0.25, -0.2) is 9.79 Å². The van der Waals surface area contributed by atoms with Gasteiger partial charge in [0.25, 0.3) is 5.56 Å². The molecule has 0 N–H and O–H groups in total. The topological polar surface area (TPSA) is 73.8 Å². The second-order valence-corrected chi connectivity index (χ2v) is 12.5. The average Bonchev–Trinajstić information content (AvgIpc) is 3.61. The number of carbonyl (C=O) groups is 1. The van der Waals surface area contributed by atoms with E-state index in [1.165, 1.54) is 11.3 Å². The third-order valence-corrected chi connectivity index (χ3v) is 9.27. The molecule has 3 heterocycles. The molecular weight excluding hydrogens is 623 g/mol. The third kappa shape index (κ3) is 6.01. The van der Waals surface area contributed by atoms with E-state index in [-0.39, 0.29) is 12.2 Å². The first kappa shape index (κ1) is 29.3. The Bertz CT molecular complexity index is 2040. The molecular formula is C33H24Cl2N2O4S2. The number of esters is 1. The van der Waals surface area contributed by atoms with E-state index >= 15 is 0 Å². The van der Waals surface area contributed by atoms with Gasteiger partial charge in [0.05, 0.1) is 26.9 Å². The van der Waals surface area contributed by atoms with Crippen molar-refractivity contribution in [1.82, 2.24) is 4.57 Å². The minimum absolute atomic E-state index is 0.108. The predicted molar refractivity (Wildman–Crippen MR) is 172 cm³/mol. The molecule has 1 atom stereocenters. The number of halogens is 2. The maximum absolute atomic E-state index is 14.0. The lowest BCUT2D eigenvalue weighted by Crippen LogP contribution is -2.39. The molecule has 43 heavy (non-hydrogen) atoms. The van der Waals surface area contributed by atoms with Gasteiger partial charge in [-0.05, 0) is 66.8 Å². The summed E-state index contributed by atoms with van der Waals surface area (Å²) in [5.41, 5.74) is 2.83. The van der Waals surface area contributed by atoms with Gasteiger partial charge in [0.1, 0.15) is 18.1 Å². The lowest BCUT2D eigenvalue weighted by Gasteiger charge is -2.25. The van der Waals surface area contributed by atoms with Gasteiger partial charge in [0, 0.05) is 21.6 Å². The fourth-order valence-corrected chi connectivity index (χ4v) is 6.69. The van der Waals surface area contributed by atoms with Gasteiger partial charge < -0.3 is 9.15 Å². The van der Waals surface area contributed by atoms with Crippen molar-refractivity contribution in [2.24, 2.45) is 4.99 Å². The van der Waals surface area contributed by atoms with Gasteiger partial charge in [-0.1, -0.05) is 77.0 Å². The lowest BCUT2D eigenvalue weighted by atomic mass is 9.96. The van der Waals surface area contributed by atoms with Crippen molar-refractivity contribution in [1.29, 1.82) is 0 Å². The van der Waals surface area contributed by atoms with Crippen LogP contribution in [-0.2, 0) is 16.1 Å². The summed E-state index contributed by atoms with van der Waals surface area (Å²) in [4.78, 5) is 33.8. The Labute approximate surface area is 265 Å². The zero-order valence-corrected chi connectivity index (χ0v) is 26.2. The Morgan fingerprint density at radius 1 is 1.07 bits per heavy atom. The number of thioether (sulfide) groups is 1. The summed E-state index contributed by atoms with van der Waals surface area (Å²) in [7, 11) is 0. The van der Waals surface area contributed by atoms with Crippen LogP contribution in [0.15, 0.2) is 115 Å². The van der Waals surface area contributed by atoms with E-state index in [1.807, 2.05) is 60.9 Å². The van der Waals surface area contributed by atoms with Crippen LogP contribution in [0.5, 0.6) is 0 Å². The summed E-state index contributed by atoms with van der Waals surface area (Å²) in [6.07, 6.45) is 3.67. The number of hydrogen-bond acceptors (Lipinski definition) is 7. The van der Waals surface area contributed by atoms with E-state index in [9.17, 15) is 9.59 Å². The molecule has 0 spiro atoms. The molecule has 1 aliphatic heterocycles. The van der Waals surface area contributed by atoms with E-state index in [2.05, 4.69) is 4.99 Å². The van der Waals surface area contributed by atoms with Gasteiger partial charge in [-0.3, -0.25) is 9.36 Å². The first-order chi connectivity index (χ1) is 20.8. The maximum Gasteiger partial charge on any atom is 0.338 e. The SMILES string of the molecule is CSc1ccc(C2C(C(=O)OCc3ccccc3)=C(C)N=c3sc(=Cc4ccc(-c5cc(Cl)ccc5Cl)o4)c(=O)n32)cc1. The van der Waals surface area contributed by atoms with Crippen molar-refractivity contribution in [2.45, 2.75) is 24.5 Å². The van der Waals surface area contributed by atoms with Crippen molar-refractivity contribution in [3.63, 3.8) is 0 Å². The molecule has 0 radical (unpaired) electrons. The van der Waals surface area contributed by atoms with E-state index in [1.54, 1.807) is 59.7 Å². The zero-order chi connectivity index (χ0) is 30.1. The normalized spacial score (nSPS) is 14.9. The fourth-order valence-electron chi connectivity index (χ4n) is 4.88. The molecule has 0 saturated carbocycles. The highest BCUT2D eigenvalue weighted by atomic mass is 35.5. The number of nitrogens with zero attached hydrogens (tertiary/aromatic N) is 2. The molecule has 1 aliphatic rings. The van der Waals surface area contributed by atoms with E-state index in [0.717, 1.165) is 16.0 Å². The molecule has 0 amide bonds. The maximum atomic E-state index is 14.0. The van der Waals surface area contributed by atoms with Crippen molar-refractivity contribution >= 4 is 58.3 Å². The summed E-state index contributed by atoms with van der Waals surface area (Å²) < 4.78 is 13.7. The van der Waals surface area contributed by atoms with Crippen LogP contribution in [0.2, 0.25) is 10.0 Å². The summed E-state index contributed by atoms with van der Waals surface area (Å²) in [5.74, 6) is 0.473. The van der Waals surface area contributed by atoms with Crippen LogP contribution in [0.25, 0.3) is 17.4 Å². The molecule has 3 aromatic carbocycles. The molecule has 0 aliphatic carbocycles. The summed E-state index contributed by atoms with van der Waals surface area (Å²) in [6.45, 7) is 1.88. The van der Waals surface area contributed by atoms with Crippen molar-refractivity contribution in [3.05, 3.63) is 143 Å². The largest absolute Gasteiger partial charge is 0.457 e. The van der Waals surface area contributed by atoms with Gasteiger partial charge in [-0.15, -0.1) is 11.8 Å². The predicted octanol–water partition coefficient (Wildman–Crippen LogP) is 7.27.